The third-order valence-electron chi connectivity index (χ3n) is 2.79. The second-order valence-electron chi connectivity index (χ2n) is 4.30. The van der Waals surface area contributed by atoms with Crippen LogP contribution >= 0.6 is 11.3 Å². The van der Waals surface area contributed by atoms with Gasteiger partial charge in [-0.25, -0.2) is 4.98 Å². The van der Waals surface area contributed by atoms with E-state index >= 15 is 0 Å². The lowest BCUT2D eigenvalue weighted by Gasteiger charge is -2.12. The molecule has 17 heavy (non-hydrogen) atoms. The molecule has 1 aromatic carbocycles. The third-order valence-corrected chi connectivity index (χ3v) is 3.61. The highest BCUT2D eigenvalue weighted by molar-refractivity contribution is 7.09. The monoisotopic (exact) mass is 247 g/mol. The number of hydrogen-bond donors (Lipinski definition) is 1. The van der Waals surface area contributed by atoms with Gasteiger partial charge in [-0.1, -0.05) is 30.3 Å². The number of aryl methyl sites for hydroxylation is 1. The van der Waals surface area contributed by atoms with Crippen molar-refractivity contribution in [1.29, 1.82) is 0 Å². The van der Waals surface area contributed by atoms with Crippen LogP contribution in [0.15, 0.2) is 35.7 Å². The normalized spacial score (nSPS) is 12.6. The smallest absolute Gasteiger partial charge is 0.0897 e. The standard InChI is InChI=1S/C14H17NOS/c1-11-15-14(10-17-11)8-13(9-16)7-12-5-3-2-4-6-12/h2-6,10,13,16H,7-9H2,1H3. The van der Waals surface area contributed by atoms with E-state index < -0.39 is 0 Å². The average molecular weight is 247 g/mol. The van der Waals surface area contributed by atoms with Gasteiger partial charge in [0.15, 0.2) is 0 Å². The SMILES string of the molecule is Cc1nc(CC(CO)Cc2ccccc2)cs1. The molecule has 0 fully saturated rings. The van der Waals surface area contributed by atoms with Crippen molar-refractivity contribution in [3.05, 3.63) is 52.0 Å². The molecule has 2 nitrogen and oxygen atoms in total. The maximum absolute atomic E-state index is 9.43. The molecule has 0 amide bonds. The zero-order valence-corrected chi connectivity index (χ0v) is 10.8. The molecular weight excluding hydrogens is 230 g/mol. The third kappa shape index (κ3) is 3.65. The molecule has 90 valence electrons. The molecule has 0 spiro atoms. The zero-order chi connectivity index (χ0) is 12.1. The fourth-order valence-corrected chi connectivity index (χ4v) is 2.57. The van der Waals surface area contributed by atoms with Gasteiger partial charge in [-0.2, -0.15) is 0 Å². The molecule has 0 aliphatic rings. The number of hydrogen-bond acceptors (Lipinski definition) is 3. The summed E-state index contributed by atoms with van der Waals surface area (Å²) in [6, 6.07) is 10.3. The van der Waals surface area contributed by atoms with Gasteiger partial charge in [0.25, 0.3) is 0 Å². The molecule has 1 N–H and O–H groups in total. The second kappa shape index (κ2) is 5.94. The molecule has 2 rings (SSSR count). The van der Waals surface area contributed by atoms with Gasteiger partial charge in [0.2, 0.25) is 0 Å². The molecule has 2 aromatic rings. The van der Waals surface area contributed by atoms with E-state index in [1.165, 1.54) is 5.56 Å². The first kappa shape index (κ1) is 12.3. The lowest BCUT2D eigenvalue weighted by molar-refractivity contribution is 0.224. The van der Waals surface area contributed by atoms with E-state index in [2.05, 4.69) is 22.5 Å². The number of thiazole rings is 1. The van der Waals surface area contributed by atoms with Gasteiger partial charge in [-0.3, -0.25) is 0 Å². The van der Waals surface area contributed by atoms with E-state index in [0.29, 0.717) is 0 Å². The van der Waals surface area contributed by atoms with Gasteiger partial charge >= 0.3 is 0 Å². The summed E-state index contributed by atoms with van der Waals surface area (Å²) in [5.74, 6) is 0.263. The molecule has 1 atom stereocenters. The predicted molar refractivity (Wildman–Crippen MR) is 71.3 cm³/mol. The van der Waals surface area contributed by atoms with Crippen LogP contribution in [0.3, 0.4) is 0 Å². The highest BCUT2D eigenvalue weighted by atomic mass is 32.1. The van der Waals surface area contributed by atoms with Crippen molar-refractivity contribution in [2.24, 2.45) is 5.92 Å². The van der Waals surface area contributed by atoms with Crippen molar-refractivity contribution in [2.45, 2.75) is 19.8 Å². The Morgan fingerprint density at radius 3 is 2.59 bits per heavy atom. The van der Waals surface area contributed by atoms with Gasteiger partial charge in [0.1, 0.15) is 0 Å². The van der Waals surface area contributed by atoms with Crippen LogP contribution in [-0.2, 0) is 12.8 Å². The Bertz CT molecular complexity index is 452. The van der Waals surface area contributed by atoms with Crippen LogP contribution in [0.5, 0.6) is 0 Å². The molecule has 1 unspecified atom stereocenters. The number of aliphatic hydroxyl groups is 1. The summed E-state index contributed by atoms with van der Waals surface area (Å²) in [6.07, 6.45) is 1.77. The van der Waals surface area contributed by atoms with E-state index in [1.54, 1.807) is 11.3 Å². The number of rotatable bonds is 5. The number of benzene rings is 1. The van der Waals surface area contributed by atoms with E-state index in [-0.39, 0.29) is 12.5 Å². The van der Waals surface area contributed by atoms with Gasteiger partial charge in [0, 0.05) is 12.0 Å². The molecule has 1 aromatic heterocycles. The van der Waals surface area contributed by atoms with E-state index in [1.807, 2.05) is 25.1 Å². The summed E-state index contributed by atoms with van der Waals surface area (Å²) in [5, 5.41) is 12.6. The molecule has 3 heteroatoms. The molecule has 0 bridgehead atoms. The van der Waals surface area contributed by atoms with E-state index in [4.69, 9.17) is 0 Å². The predicted octanol–water partition coefficient (Wildman–Crippen LogP) is 2.85. The lowest BCUT2D eigenvalue weighted by Crippen LogP contribution is -2.13. The van der Waals surface area contributed by atoms with Crippen LogP contribution in [0.2, 0.25) is 0 Å². The zero-order valence-electron chi connectivity index (χ0n) is 9.97. The maximum atomic E-state index is 9.43. The topological polar surface area (TPSA) is 33.1 Å². The van der Waals surface area contributed by atoms with Crippen molar-refractivity contribution >= 4 is 11.3 Å². The Labute approximate surface area is 106 Å². The molecule has 0 saturated carbocycles. The first-order valence-electron chi connectivity index (χ1n) is 5.83. The summed E-state index contributed by atoms with van der Waals surface area (Å²) >= 11 is 1.67. The highest BCUT2D eigenvalue weighted by Crippen LogP contribution is 2.16. The van der Waals surface area contributed by atoms with Crippen molar-refractivity contribution < 1.29 is 5.11 Å². The summed E-state index contributed by atoms with van der Waals surface area (Å²) in [6.45, 7) is 2.23. The molecule has 0 saturated heterocycles. The van der Waals surface area contributed by atoms with Crippen LogP contribution in [0.4, 0.5) is 0 Å². The van der Waals surface area contributed by atoms with Crippen LogP contribution in [-0.4, -0.2) is 16.7 Å². The van der Waals surface area contributed by atoms with Crippen molar-refractivity contribution in [2.75, 3.05) is 6.61 Å². The first-order chi connectivity index (χ1) is 8.28. The van der Waals surface area contributed by atoms with Crippen molar-refractivity contribution in [3.8, 4) is 0 Å². The average Bonchev–Trinajstić information content (AvgIpc) is 2.75. The van der Waals surface area contributed by atoms with Crippen LogP contribution in [0, 0.1) is 12.8 Å². The lowest BCUT2D eigenvalue weighted by atomic mass is 9.96. The largest absolute Gasteiger partial charge is 0.396 e. The quantitative estimate of drug-likeness (QED) is 0.881. The Balaban J connectivity index is 1.98. The van der Waals surface area contributed by atoms with Crippen LogP contribution in [0.25, 0.3) is 0 Å². The van der Waals surface area contributed by atoms with E-state index in [9.17, 15) is 5.11 Å². The van der Waals surface area contributed by atoms with Crippen molar-refractivity contribution in [3.63, 3.8) is 0 Å². The summed E-state index contributed by atoms with van der Waals surface area (Å²) in [4.78, 5) is 4.45. The minimum Gasteiger partial charge on any atom is -0.396 e. The minimum absolute atomic E-state index is 0.214. The Morgan fingerprint density at radius 2 is 2.00 bits per heavy atom. The van der Waals surface area contributed by atoms with Gasteiger partial charge in [-0.15, -0.1) is 11.3 Å². The summed E-state index contributed by atoms with van der Waals surface area (Å²) in [5.41, 5.74) is 2.38. The van der Waals surface area contributed by atoms with Crippen LogP contribution < -0.4 is 0 Å². The molecule has 1 heterocycles. The Morgan fingerprint density at radius 1 is 1.24 bits per heavy atom. The molecular formula is C14H17NOS. The summed E-state index contributed by atoms with van der Waals surface area (Å²) < 4.78 is 0. The van der Waals surface area contributed by atoms with Crippen molar-refractivity contribution in [1.82, 2.24) is 4.98 Å². The highest BCUT2D eigenvalue weighted by Gasteiger charge is 2.11. The number of aromatic nitrogens is 1. The molecule has 0 radical (unpaired) electrons. The minimum atomic E-state index is 0.214. The van der Waals surface area contributed by atoms with E-state index in [0.717, 1.165) is 23.5 Å². The first-order valence-corrected chi connectivity index (χ1v) is 6.71. The fourth-order valence-electron chi connectivity index (χ4n) is 1.95. The Hall–Kier alpha value is -1.19. The molecule has 0 aliphatic heterocycles. The second-order valence-corrected chi connectivity index (χ2v) is 5.36. The van der Waals surface area contributed by atoms with Crippen LogP contribution in [0.1, 0.15) is 16.3 Å². The Kier molecular flexibility index (Phi) is 4.29. The fraction of sp³-hybridized carbons (Fsp3) is 0.357. The maximum Gasteiger partial charge on any atom is 0.0897 e. The van der Waals surface area contributed by atoms with Gasteiger partial charge < -0.3 is 5.11 Å². The number of nitrogens with zero attached hydrogens (tertiary/aromatic N) is 1. The summed E-state index contributed by atoms with van der Waals surface area (Å²) in [7, 11) is 0. The molecule has 0 aliphatic carbocycles. The van der Waals surface area contributed by atoms with Gasteiger partial charge in [-0.05, 0) is 31.2 Å². The number of aliphatic hydroxyl groups excluding tert-OH is 1. The van der Waals surface area contributed by atoms with Gasteiger partial charge in [0.05, 0.1) is 10.7 Å².